The molecule has 0 bridgehead atoms. The first kappa shape index (κ1) is 15.7. The molecule has 0 saturated carbocycles. The van der Waals surface area contributed by atoms with E-state index in [1.54, 1.807) is 48.5 Å². The fourth-order valence-corrected chi connectivity index (χ4v) is 2.26. The Morgan fingerprint density at radius 1 is 1.05 bits per heavy atom. The number of nitrogens with zero attached hydrogens (tertiary/aromatic N) is 1. The molecule has 0 spiro atoms. The maximum absolute atomic E-state index is 12.3. The van der Waals surface area contributed by atoms with Crippen LogP contribution in [0.15, 0.2) is 60.7 Å². The second kappa shape index (κ2) is 7.38. The monoisotopic (exact) mass is 298 g/mol. The summed E-state index contributed by atoms with van der Waals surface area (Å²) in [6.07, 6.45) is 0. The number of benzene rings is 2. The number of hydrogen-bond acceptors (Lipinski definition) is 4. The van der Waals surface area contributed by atoms with Crippen LogP contribution < -0.4 is 10.6 Å². The molecule has 5 nitrogen and oxygen atoms in total. The molecule has 0 unspecified atom stereocenters. The lowest BCUT2D eigenvalue weighted by Gasteiger charge is -2.30. The lowest BCUT2D eigenvalue weighted by Crippen LogP contribution is -2.42. The Morgan fingerprint density at radius 3 is 2.09 bits per heavy atom. The Kier molecular flexibility index (Phi) is 5.27. The molecule has 0 aromatic heterocycles. The number of nitrogens with two attached hydrogens (primary N) is 1. The minimum Gasteiger partial charge on any atom is -0.467 e. The third-order valence-electron chi connectivity index (χ3n) is 3.28. The van der Waals surface area contributed by atoms with Gasteiger partial charge in [-0.25, -0.2) is 4.79 Å². The van der Waals surface area contributed by atoms with Gasteiger partial charge in [0.2, 0.25) is 5.91 Å². The molecule has 2 aromatic carbocycles. The van der Waals surface area contributed by atoms with Gasteiger partial charge in [-0.15, -0.1) is 0 Å². The van der Waals surface area contributed by atoms with Gasteiger partial charge < -0.3 is 10.5 Å². The normalized spacial score (nSPS) is 11.5. The maximum Gasteiger partial charge on any atom is 0.333 e. The molecule has 0 saturated heterocycles. The minimum absolute atomic E-state index is 0.199. The van der Waals surface area contributed by atoms with Gasteiger partial charge in [-0.05, 0) is 17.7 Å². The average molecular weight is 298 g/mol. The predicted octanol–water partition coefficient (Wildman–Crippen LogP) is 1.89. The number of para-hydroxylation sites is 1. The van der Waals surface area contributed by atoms with Crippen LogP contribution in [0.5, 0.6) is 0 Å². The molecule has 1 atom stereocenters. The van der Waals surface area contributed by atoms with E-state index in [1.807, 2.05) is 12.1 Å². The van der Waals surface area contributed by atoms with Crippen LogP contribution in [0.2, 0.25) is 0 Å². The molecule has 0 heterocycles. The molecule has 2 rings (SSSR count). The summed E-state index contributed by atoms with van der Waals surface area (Å²) in [5.41, 5.74) is 6.79. The largest absolute Gasteiger partial charge is 0.467 e. The van der Waals surface area contributed by atoms with Crippen LogP contribution in [-0.2, 0) is 14.3 Å². The van der Waals surface area contributed by atoms with Crippen LogP contribution >= 0.6 is 0 Å². The first-order valence-electron chi connectivity index (χ1n) is 6.89. The number of anilines is 1. The summed E-state index contributed by atoms with van der Waals surface area (Å²) in [5, 5.41) is 0. The van der Waals surface area contributed by atoms with Gasteiger partial charge in [0.1, 0.15) is 0 Å². The predicted molar refractivity (Wildman–Crippen MR) is 84.2 cm³/mol. The Hall–Kier alpha value is -2.66. The molecular formula is C17H18N2O3. The molecule has 2 aromatic rings. The van der Waals surface area contributed by atoms with Gasteiger partial charge in [0, 0.05) is 5.69 Å². The lowest BCUT2D eigenvalue weighted by atomic mass is 10.0. The number of carbonyl (C=O) groups is 2. The number of carbonyl (C=O) groups excluding carboxylic acids is 2. The van der Waals surface area contributed by atoms with E-state index in [2.05, 4.69) is 0 Å². The molecule has 0 aliphatic heterocycles. The zero-order chi connectivity index (χ0) is 15.9. The summed E-state index contributed by atoms with van der Waals surface area (Å²) in [6.45, 7) is -0.199. The number of esters is 1. The van der Waals surface area contributed by atoms with E-state index in [9.17, 15) is 9.59 Å². The van der Waals surface area contributed by atoms with E-state index >= 15 is 0 Å². The number of ether oxygens (including phenoxy) is 1. The Balaban J connectivity index is 2.54. The molecular weight excluding hydrogens is 280 g/mol. The van der Waals surface area contributed by atoms with Crippen molar-refractivity contribution >= 4 is 17.6 Å². The van der Waals surface area contributed by atoms with Crippen molar-refractivity contribution in [3.05, 3.63) is 66.2 Å². The molecule has 2 N–H and O–H groups in total. The second-order valence-electron chi connectivity index (χ2n) is 4.64. The lowest BCUT2D eigenvalue weighted by molar-refractivity contribution is -0.143. The molecule has 114 valence electrons. The highest BCUT2D eigenvalue weighted by atomic mass is 16.5. The second-order valence-corrected chi connectivity index (χ2v) is 4.64. The van der Waals surface area contributed by atoms with Crippen LogP contribution in [0.4, 0.5) is 5.69 Å². The van der Waals surface area contributed by atoms with Crippen molar-refractivity contribution < 1.29 is 14.3 Å². The molecule has 0 radical (unpaired) electrons. The van der Waals surface area contributed by atoms with Crippen molar-refractivity contribution in [1.29, 1.82) is 0 Å². The van der Waals surface area contributed by atoms with Gasteiger partial charge in [0.25, 0.3) is 0 Å². The van der Waals surface area contributed by atoms with Crippen molar-refractivity contribution in [2.75, 3.05) is 18.6 Å². The third kappa shape index (κ3) is 3.32. The highest BCUT2D eigenvalue weighted by Crippen LogP contribution is 2.28. The first-order valence-corrected chi connectivity index (χ1v) is 6.89. The average Bonchev–Trinajstić information content (AvgIpc) is 2.59. The van der Waals surface area contributed by atoms with E-state index in [-0.39, 0.29) is 12.5 Å². The summed E-state index contributed by atoms with van der Waals surface area (Å²) in [4.78, 5) is 26.0. The summed E-state index contributed by atoms with van der Waals surface area (Å²) in [7, 11) is 1.30. The van der Waals surface area contributed by atoms with Crippen molar-refractivity contribution in [1.82, 2.24) is 0 Å². The van der Waals surface area contributed by atoms with Gasteiger partial charge >= 0.3 is 5.97 Å². The fourth-order valence-electron chi connectivity index (χ4n) is 2.26. The van der Waals surface area contributed by atoms with E-state index in [0.29, 0.717) is 11.3 Å². The standard InChI is InChI=1S/C17H18N2O3/c1-22-17(21)16(13-8-4-2-5-9-13)19(15(20)12-18)14-10-6-3-7-11-14/h2-11,16H,12,18H2,1H3/t16-/m0/s1. The highest BCUT2D eigenvalue weighted by Gasteiger charge is 2.32. The summed E-state index contributed by atoms with van der Waals surface area (Å²) >= 11 is 0. The summed E-state index contributed by atoms with van der Waals surface area (Å²) in [5.74, 6) is -0.873. The number of methoxy groups -OCH3 is 1. The molecule has 0 aliphatic rings. The van der Waals surface area contributed by atoms with Gasteiger partial charge in [0.05, 0.1) is 13.7 Å². The zero-order valence-electron chi connectivity index (χ0n) is 12.3. The maximum atomic E-state index is 12.3. The minimum atomic E-state index is -0.871. The molecule has 1 amide bonds. The van der Waals surface area contributed by atoms with Crippen LogP contribution in [0.3, 0.4) is 0 Å². The van der Waals surface area contributed by atoms with Crippen molar-refractivity contribution in [3.63, 3.8) is 0 Å². The van der Waals surface area contributed by atoms with Gasteiger partial charge in [-0.2, -0.15) is 0 Å². The first-order chi connectivity index (χ1) is 10.7. The SMILES string of the molecule is COC(=O)[C@H](c1ccccc1)N(C(=O)CN)c1ccccc1. The van der Waals surface area contributed by atoms with Gasteiger partial charge in [-0.3, -0.25) is 9.69 Å². The number of hydrogen-bond donors (Lipinski definition) is 1. The van der Waals surface area contributed by atoms with Gasteiger partial charge in [0.15, 0.2) is 6.04 Å². The van der Waals surface area contributed by atoms with Crippen molar-refractivity contribution in [3.8, 4) is 0 Å². The molecule has 22 heavy (non-hydrogen) atoms. The quantitative estimate of drug-likeness (QED) is 0.856. The Morgan fingerprint density at radius 2 is 1.59 bits per heavy atom. The molecule has 0 fully saturated rings. The van der Waals surface area contributed by atoms with Crippen LogP contribution in [0.25, 0.3) is 0 Å². The van der Waals surface area contributed by atoms with E-state index in [1.165, 1.54) is 12.0 Å². The molecule has 5 heteroatoms. The smallest absolute Gasteiger partial charge is 0.333 e. The Bertz CT molecular complexity index is 571. The van der Waals surface area contributed by atoms with Crippen LogP contribution in [0, 0.1) is 0 Å². The number of amides is 1. The van der Waals surface area contributed by atoms with Crippen LogP contribution in [0.1, 0.15) is 11.6 Å². The van der Waals surface area contributed by atoms with Crippen molar-refractivity contribution in [2.45, 2.75) is 6.04 Å². The summed E-state index contributed by atoms with van der Waals surface area (Å²) < 4.78 is 4.89. The molecule has 0 aliphatic carbocycles. The van der Waals surface area contributed by atoms with E-state index < -0.39 is 12.0 Å². The summed E-state index contributed by atoms with van der Waals surface area (Å²) in [6, 6.07) is 17.1. The highest BCUT2D eigenvalue weighted by molar-refractivity contribution is 6.00. The van der Waals surface area contributed by atoms with E-state index in [4.69, 9.17) is 10.5 Å². The third-order valence-corrected chi connectivity index (χ3v) is 3.28. The van der Waals surface area contributed by atoms with Crippen molar-refractivity contribution in [2.24, 2.45) is 5.73 Å². The Labute approximate surface area is 129 Å². The fraction of sp³-hybridized carbons (Fsp3) is 0.176. The van der Waals surface area contributed by atoms with Gasteiger partial charge in [-0.1, -0.05) is 48.5 Å². The van der Waals surface area contributed by atoms with E-state index in [0.717, 1.165) is 0 Å². The number of rotatable bonds is 5. The topological polar surface area (TPSA) is 72.6 Å². The van der Waals surface area contributed by atoms with Crippen LogP contribution in [-0.4, -0.2) is 25.5 Å². The zero-order valence-corrected chi connectivity index (χ0v) is 12.3.